The average Bonchev–Trinajstić information content (AvgIpc) is 3.15. The molecule has 7 nitrogen and oxygen atoms in total. The summed E-state index contributed by atoms with van der Waals surface area (Å²) in [5.74, 6) is -2.05. The number of rotatable bonds is 5. The summed E-state index contributed by atoms with van der Waals surface area (Å²) in [5, 5.41) is 7.13. The van der Waals surface area contributed by atoms with E-state index in [9.17, 15) is 18.4 Å². The average molecular weight is 423 g/mol. The minimum atomic E-state index is -1.05. The third kappa shape index (κ3) is 4.07. The van der Waals surface area contributed by atoms with Gasteiger partial charge in [0.1, 0.15) is 11.2 Å². The first kappa shape index (κ1) is 20.4. The van der Waals surface area contributed by atoms with E-state index in [1.807, 2.05) is 31.2 Å². The topological polar surface area (TPSA) is 81.8 Å². The Kier molecular flexibility index (Phi) is 5.33. The molecule has 0 aliphatic heterocycles. The van der Waals surface area contributed by atoms with Crippen LogP contribution in [0.2, 0.25) is 0 Å². The molecule has 2 aromatic heterocycles. The van der Waals surface area contributed by atoms with Gasteiger partial charge in [0.15, 0.2) is 17.3 Å². The first-order valence-corrected chi connectivity index (χ1v) is 9.60. The van der Waals surface area contributed by atoms with Gasteiger partial charge < -0.3 is 5.32 Å². The van der Waals surface area contributed by atoms with Crippen molar-refractivity contribution in [2.24, 2.45) is 0 Å². The Morgan fingerprint density at radius 3 is 2.52 bits per heavy atom. The normalized spacial score (nSPS) is 11.1. The Morgan fingerprint density at radius 2 is 1.81 bits per heavy atom. The maximum absolute atomic E-state index is 13.3. The number of hydrogen-bond acceptors (Lipinski definition) is 4. The second-order valence-electron chi connectivity index (χ2n) is 7.17. The zero-order chi connectivity index (χ0) is 22.1. The Balaban J connectivity index is 1.55. The van der Waals surface area contributed by atoms with Crippen LogP contribution in [0.25, 0.3) is 16.7 Å². The number of halogens is 2. The molecule has 2 heterocycles. The van der Waals surface area contributed by atoms with Crippen LogP contribution in [0.3, 0.4) is 0 Å². The second kappa shape index (κ2) is 8.10. The smallest absolute Gasteiger partial charge is 0.264 e. The van der Waals surface area contributed by atoms with E-state index in [0.717, 1.165) is 23.4 Å². The molecule has 9 heteroatoms. The lowest BCUT2D eigenvalue weighted by atomic mass is 10.2. The number of anilines is 1. The minimum Gasteiger partial charge on any atom is -0.326 e. The number of nitrogens with zero attached hydrogens (tertiary/aromatic N) is 4. The van der Waals surface area contributed by atoms with E-state index >= 15 is 0 Å². The van der Waals surface area contributed by atoms with Crippen molar-refractivity contribution < 1.29 is 13.6 Å². The molecule has 0 fully saturated rings. The van der Waals surface area contributed by atoms with E-state index in [4.69, 9.17) is 0 Å². The van der Waals surface area contributed by atoms with Crippen molar-refractivity contribution in [2.75, 3.05) is 5.32 Å². The second-order valence-corrected chi connectivity index (χ2v) is 7.17. The van der Waals surface area contributed by atoms with Crippen LogP contribution in [0.15, 0.2) is 53.5 Å². The summed E-state index contributed by atoms with van der Waals surface area (Å²) in [4.78, 5) is 29.7. The zero-order valence-electron chi connectivity index (χ0n) is 16.9. The van der Waals surface area contributed by atoms with Gasteiger partial charge in [0.2, 0.25) is 5.91 Å². The van der Waals surface area contributed by atoms with E-state index in [-0.39, 0.29) is 24.2 Å². The molecule has 31 heavy (non-hydrogen) atoms. The summed E-state index contributed by atoms with van der Waals surface area (Å²) < 4.78 is 29.3. The molecule has 0 spiro atoms. The standard InChI is InChI=1S/C22H19F2N5O2/c1-13-3-6-16(7-4-13)29-21-17(12-25-29)22(31)28(14(2)26-21)10-9-20(30)27-15-5-8-18(23)19(24)11-15/h3-8,11-12H,9-10H2,1-2H3,(H,27,30). The monoisotopic (exact) mass is 423 g/mol. The quantitative estimate of drug-likeness (QED) is 0.533. The molecule has 1 N–H and O–H groups in total. The fourth-order valence-corrected chi connectivity index (χ4v) is 3.26. The van der Waals surface area contributed by atoms with Crippen LogP contribution < -0.4 is 10.9 Å². The molecule has 4 rings (SSSR count). The Hall–Kier alpha value is -3.88. The highest BCUT2D eigenvalue weighted by Crippen LogP contribution is 2.16. The fraction of sp³-hybridized carbons (Fsp3) is 0.182. The number of amides is 1. The van der Waals surface area contributed by atoms with E-state index in [0.29, 0.717) is 16.9 Å². The first-order valence-electron chi connectivity index (χ1n) is 9.60. The number of aryl methyl sites for hydroxylation is 2. The van der Waals surface area contributed by atoms with Crippen LogP contribution in [0.4, 0.5) is 14.5 Å². The molecule has 0 atom stereocenters. The Labute approximate surface area is 176 Å². The molecule has 2 aromatic carbocycles. The van der Waals surface area contributed by atoms with Gasteiger partial charge in [-0.1, -0.05) is 17.7 Å². The summed E-state index contributed by atoms with van der Waals surface area (Å²) in [6.07, 6.45) is 1.42. The van der Waals surface area contributed by atoms with Crippen molar-refractivity contribution in [3.05, 3.63) is 82.0 Å². The number of aromatic nitrogens is 4. The maximum Gasteiger partial charge on any atom is 0.264 e. The van der Waals surface area contributed by atoms with Crippen molar-refractivity contribution in [3.63, 3.8) is 0 Å². The summed E-state index contributed by atoms with van der Waals surface area (Å²) in [6, 6.07) is 10.8. The fourth-order valence-electron chi connectivity index (χ4n) is 3.26. The van der Waals surface area contributed by atoms with Gasteiger partial charge in [-0.05, 0) is 38.1 Å². The molecule has 0 aliphatic carbocycles. The lowest BCUT2D eigenvalue weighted by Gasteiger charge is -2.11. The molecule has 4 aromatic rings. The van der Waals surface area contributed by atoms with Crippen molar-refractivity contribution in [1.29, 1.82) is 0 Å². The highest BCUT2D eigenvalue weighted by atomic mass is 19.2. The number of carbonyl (C=O) groups excluding carboxylic acids is 1. The predicted octanol–water partition coefficient (Wildman–Crippen LogP) is 3.51. The zero-order valence-corrected chi connectivity index (χ0v) is 16.9. The number of fused-ring (bicyclic) bond motifs is 1. The van der Waals surface area contributed by atoms with Gasteiger partial charge in [-0.2, -0.15) is 5.10 Å². The van der Waals surface area contributed by atoms with Crippen LogP contribution in [-0.4, -0.2) is 25.2 Å². The molecule has 1 amide bonds. The van der Waals surface area contributed by atoms with Gasteiger partial charge in [0.25, 0.3) is 5.56 Å². The highest BCUT2D eigenvalue weighted by molar-refractivity contribution is 5.90. The van der Waals surface area contributed by atoms with Crippen molar-refractivity contribution in [2.45, 2.75) is 26.8 Å². The summed E-state index contributed by atoms with van der Waals surface area (Å²) in [5.41, 5.74) is 2.17. The van der Waals surface area contributed by atoms with Gasteiger partial charge in [-0.3, -0.25) is 14.2 Å². The van der Waals surface area contributed by atoms with Gasteiger partial charge in [-0.25, -0.2) is 18.4 Å². The van der Waals surface area contributed by atoms with E-state index < -0.39 is 17.5 Å². The molecule has 0 aliphatic rings. The molecular weight excluding hydrogens is 404 g/mol. The Morgan fingerprint density at radius 1 is 1.06 bits per heavy atom. The molecule has 158 valence electrons. The molecule has 0 bridgehead atoms. The number of nitrogens with one attached hydrogen (secondary N) is 1. The lowest BCUT2D eigenvalue weighted by molar-refractivity contribution is -0.116. The minimum absolute atomic E-state index is 0.0426. The summed E-state index contributed by atoms with van der Waals surface area (Å²) in [6.45, 7) is 3.74. The molecule has 0 unspecified atom stereocenters. The van der Waals surface area contributed by atoms with Gasteiger partial charge in [0.05, 0.1) is 11.9 Å². The van der Waals surface area contributed by atoms with Crippen LogP contribution in [0.5, 0.6) is 0 Å². The number of benzene rings is 2. The molecule has 0 radical (unpaired) electrons. The maximum atomic E-state index is 13.3. The predicted molar refractivity (Wildman–Crippen MR) is 112 cm³/mol. The largest absolute Gasteiger partial charge is 0.326 e. The molecular formula is C22H19F2N5O2. The molecule has 0 saturated carbocycles. The summed E-state index contributed by atoms with van der Waals surface area (Å²) in [7, 11) is 0. The Bertz CT molecular complexity index is 1340. The van der Waals surface area contributed by atoms with E-state index in [1.54, 1.807) is 11.6 Å². The highest BCUT2D eigenvalue weighted by Gasteiger charge is 2.15. The third-order valence-electron chi connectivity index (χ3n) is 4.92. The third-order valence-corrected chi connectivity index (χ3v) is 4.92. The lowest BCUT2D eigenvalue weighted by Crippen LogP contribution is -2.26. The van der Waals surface area contributed by atoms with Crippen LogP contribution in [0, 0.1) is 25.5 Å². The van der Waals surface area contributed by atoms with Gasteiger partial charge in [-0.15, -0.1) is 0 Å². The summed E-state index contributed by atoms with van der Waals surface area (Å²) >= 11 is 0. The van der Waals surface area contributed by atoms with Crippen LogP contribution in [0.1, 0.15) is 17.8 Å². The van der Waals surface area contributed by atoms with Crippen LogP contribution >= 0.6 is 0 Å². The van der Waals surface area contributed by atoms with Gasteiger partial charge >= 0.3 is 0 Å². The first-order chi connectivity index (χ1) is 14.8. The van der Waals surface area contributed by atoms with Crippen molar-refractivity contribution in [1.82, 2.24) is 19.3 Å². The van der Waals surface area contributed by atoms with Crippen molar-refractivity contribution >= 4 is 22.6 Å². The molecule has 0 saturated heterocycles. The van der Waals surface area contributed by atoms with Crippen molar-refractivity contribution in [3.8, 4) is 5.69 Å². The SMILES string of the molecule is Cc1ccc(-n2ncc3c(=O)n(CCC(=O)Nc4ccc(F)c(F)c4)c(C)nc32)cc1. The number of hydrogen-bond donors (Lipinski definition) is 1. The van der Waals surface area contributed by atoms with E-state index in [1.165, 1.54) is 16.8 Å². The van der Waals surface area contributed by atoms with Crippen LogP contribution in [-0.2, 0) is 11.3 Å². The van der Waals surface area contributed by atoms with E-state index in [2.05, 4.69) is 15.4 Å². The number of carbonyl (C=O) groups is 1. The van der Waals surface area contributed by atoms with Gasteiger partial charge in [0, 0.05) is 24.7 Å².